The van der Waals surface area contributed by atoms with Gasteiger partial charge in [-0.25, -0.2) is 14.5 Å². The molecular weight excluding hydrogens is 504 g/mol. The lowest BCUT2D eigenvalue weighted by atomic mass is 10.1. The van der Waals surface area contributed by atoms with Crippen LogP contribution in [0, 0.1) is 6.92 Å². The lowest BCUT2D eigenvalue weighted by molar-refractivity contribution is 0.0938. The summed E-state index contributed by atoms with van der Waals surface area (Å²) in [6.07, 6.45) is 10.8. The number of amides is 1. The second-order valence-corrected chi connectivity index (χ2v) is 9.51. The van der Waals surface area contributed by atoms with Crippen LogP contribution >= 0.6 is 0 Å². The fourth-order valence-corrected chi connectivity index (χ4v) is 4.84. The molecule has 2 aromatic carbocycles. The topological polar surface area (TPSA) is 112 Å². The number of nitrogens with zero attached hydrogens (tertiary/aromatic N) is 7. The van der Waals surface area contributed by atoms with Crippen LogP contribution in [0.5, 0.6) is 0 Å². The Balaban J connectivity index is 1.46. The van der Waals surface area contributed by atoms with Crippen LogP contribution in [0.4, 0.5) is 0 Å². The van der Waals surface area contributed by atoms with Gasteiger partial charge in [0.25, 0.3) is 11.5 Å². The van der Waals surface area contributed by atoms with Gasteiger partial charge in [-0.05, 0) is 43.7 Å². The van der Waals surface area contributed by atoms with Crippen LogP contribution in [0.3, 0.4) is 0 Å². The standard InChI is InChI=1S/C30H26N8O2/c1-19-25(28-31-15-8-16-37(28)35-19)29(39)33-20(2)27-34-24-12-7-9-22(14-13-21-17-32-36(3)18-21)26(24)30(40)38(27)23-10-5-4-6-11-23/h4-18,20H,1-3H3,(H,33,39)/b14-13-/t20-/m1/s1. The fraction of sp³-hybridized carbons (Fsp3) is 0.133. The average Bonchev–Trinajstić information content (AvgIpc) is 3.53. The minimum Gasteiger partial charge on any atom is -0.342 e. The van der Waals surface area contributed by atoms with Crippen molar-refractivity contribution in [3.8, 4) is 5.69 Å². The first-order chi connectivity index (χ1) is 19.4. The van der Waals surface area contributed by atoms with Crippen molar-refractivity contribution in [2.75, 3.05) is 0 Å². The maximum Gasteiger partial charge on any atom is 0.266 e. The number of aromatic nitrogens is 7. The molecule has 4 heterocycles. The smallest absolute Gasteiger partial charge is 0.266 e. The van der Waals surface area contributed by atoms with Crippen molar-refractivity contribution in [3.63, 3.8) is 0 Å². The monoisotopic (exact) mass is 530 g/mol. The summed E-state index contributed by atoms with van der Waals surface area (Å²) in [7, 11) is 1.85. The molecule has 0 unspecified atom stereocenters. The van der Waals surface area contributed by atoms with Gasteiger partial charge in [-0.3, -0.25) is 18.8 Å². The predicted octanol–water partition coefficient (Wildman–Crippen LogP) is 4.13. The van der Waals surface area contributed by atoms with Crippen LogP contribution < -0.4 is 10.9 Å². The molecule has 1 N–H and O–H groups in total. The van der Waals surface area contributed by atoms with E-state index >= 15 is 0 Å². The molecule has 0 aliphatic rings. The molecule has 4 aromatic heterocycles. The van der Waals surface area contributed by atoms with Gasteiger partial charge in [-0.1, -0.05) is 42.5 Å². The van der Waals surface area contributed by atoms with Crippen molar-refractivity contribution in [3.05, 3.63) is 118 Å². The first kappa shape index (κ1) is 24.9. The van der Waals surface area contributed by atoms with Gasteiger partial charge in [-0.2, -0.15) is 10.2 Å². The van der Waals surface area contributed by atoms with E-state index in [1.807, 2.05) is 80.9 Å². The van der Waals surface area contributed by atoms with Crippen LogP contribution in [0.25, 0.3) is 34.4 Å². The van der Waals surface area contributed by atoms with Gasteiger partial charge in [0, 0.05) is 31.2 Å². The van der Waals surface area contributed by atoms with Crippen LogP contribution in [-0.4, -0.2) is 39.8 Å². The molecule has 6 rings (SSSR count). The number of rotatable bonds is 6. The third kappa shape index (κ3) is 4.45. The van der Waals surface area contributed by atoms with Gasteiger partial charge in [0.2, 0.25) is 0 Å². The maximum atomic E-state index is 14.2. The van der Waals surface area contributed by atoms with E-state index in [0.29, 0.717) is 39.3 Å². The number of para-hydroxylation sites is 1. The molecule has 6 aromatic rings. The van der Waals surface area contributed by atoms with E-state index < -0.39 is 6.04 Å². The van der Waals surface area contributed by atoms with E-state index in [1.54, 1.807) is 45.3 Å². The minimum absolute atomic E-state index is 0.229. The Hall–Kier alpha value is -5.38. The molecule has 0 spiro atoms. The molecule has 0 fully saturated rings. The van der Waals surface area contributed by atoms with Gasteiger partial charge >= 0.3 is 0 Å². The quantitative estimate of drug-likeness (QED) is 0.347. The van der Waals surface area contributed by atoms with Gasteiger partial charge in [0.1, 0.15) is 11.4 Å². The average molecular weight is 531 g/mol. The second-order valence-electron chi connectivity index (χ2n) is 9.51. The molecule has 10 heteroatoms. The van der Waals surface area contributed by atoms with E-state index in [1.165, 1.54) is 0 Å². The minimum atomic E-state index is -0.613. The number of nitrogens with one attached hydrogen (secondary N) is 1. The van der Waals surface area contributed by atoms with Gasteiger partial charge < -0.3 is 5.32 Å². The number of benzene rings is 2. The van der Waals surface area contributed by atoms with Crippen molar-refractivity contribution >= 4 is 34.6 Å². The summed E-state index contributed by atoms with van der Waals surface area (Å²) in [6, 6.07) is 16.0. The van der Waals surface area contributed by atoms with Crippen LogP contribution in [0.1, 0.15) is 46.0 Å². The molecule has 0 aliphatic heterocycles. The van der Waals surface area contributed by atoms with Crippen molar-refractivity contribution in [2.24, 2.45) is 7.05 Å². The molecule has 0 aliphatic carbocycles. The molecule has 0 saturated carbocycles. The zero-order valence-corrected chi connectivity index (χ0v) is 22.2. The third-order valence-electron chi connectivity index (χ3n) is 6.68. The van der Waals surface area contributed by atoms with E-state index in [0.717, 1.165) is 11.1 Å². The second kappa shape index (κ2) is 10.1. The summed E-state index contributed by atoms with van der Waals surface area (Å²) in [5.74, 6) is 0.0633. The van der Waals surface area contributed by atoms with E-state index in [-0.39, 0.29) is 11.5 Å². The van der Waals surface area contributed by atoms with E-state index in [4.69, 9.17) is 4.98 Å². The third-order valence-corrected chi connectivity index (χ3v) is 6.68. The van der Waals surface area contributed by atoms with Crippen molar-refractivity contribution < 1.29 is 4.79 Å². The Bertz CT molecular complexity index is 1970. The Morgan fingerprint density at radius 3 is 2.65 bits per heavy atom. The van der Waals surface area contributed by atoms with Gasteiger partial charge in [0.15, 0.2) is 5.65 Å². The molecular formula is C30H26N8O2. The summed E-state index contributed by atoms with van der Waals surface area (Å²) >= 11 is 0. The van der Waals surface area contributed by atoms with Crippen molar-refractivity contribution in [1.29, 1.82) is 0 Å². The number of fused-ring (bicyclic) bond motifs is 2. The summed E-state index contributed by atoms with van der Waals surface area (Å²) < 4.78 is 4.86. The van der Waals surface area contributed by atoms with Crippen molar-refractivity contribution in [2.45, 2.75) is 19.9 Å². The highest BCUT2D eigenvalue weighted by molar-refractivity contribution is 6.01. The predicted molar refractivity (Wildman–Crippen MR) is 153 cm³/mol. The number of hydrogen-bond donors (Lipinski definition) is 1. The first-order valence-corrected chi connectivity index (χ1v) is 12.8. The summed E-state index contributed by atoms with van der Waals surface area (Å²) in [5, 5.41) is 12.1. The maximum absolute atomic E-state index is 14.2. The van der Waals surface area contributed by atoms with Crippen LogP contribution in [-0.2, 0) is 7.05 Å². The largest absolute Gasteiger partial charge is 0.342 e. The summed E-state index contributed by atoms with van der Waals surface area (Å²) in [4.78, 5) is 36.9. The highest BCUT2D eigenvalue weighted by Gasteiger charge is 2.24. The zero-order chi connectivity index (χ0) is 27.8. The van der Waals surface area contributed by atoms with Crippen LogP contribution in [0.15, 0.2) is 84.2 Å². The van der Waals surface area contributed by atoms with Gasteiger partial charge in [-0.15, -0.1) is 0 Å². The summed E-state index contributed by atoms with van der Waals surface area (Å²) in [5.41, 5.74) is 4.01. The normalized spacial score (nSPS) is 12.4. The molecule has 1 amide bonds. The lowest BCUT2D eigenvalue weighted by Crippen LogP contribution is -2.33. The van der Waals surface area contributed by atoms with Gasteiger partial charge in [0.05, 0.1) is 34.5 Å². The number of hydrogen-bond acceptors (Lipinski definition) is 6. The lowest BCUT2D eigenvalue weighted by Gasteiger charge is -2.20. The van der Waals surface area contributed by atoms with Crippen LogP contribution in [0.2, 0.25) is 0 Å². The molecule has 0 bridgehead atoms. The molecule has 0 radical (unpaired) electrons. The SMILES string of the molecule is Cc1nn2cccnc2c1C(=O)N[C@H](C)c1nc2cccc(/C=C\c3cnn(C)c3)c2c(=O)n1-c1ccccc1. The molecule has 198 valence electrons. The number of carbonyl (C=O) groups is 1. The molecule has 40 heavy (non-hydrogen) atoms. The first-order valence-electron chi connectivity index (χ1n) is 12.8. The summed E-state index contributed by atoms with van der Waals surface area (Å²) in [6.45, 7) is 3.58. The zero-order valence-electron chi connectivity index (χ0n) is 22.2. The molecule has 1 atom stereocenters. The Morgan fingerprint density at radius 2 is 1.88 bits per heavy atom. The van der Waals surface area contributed by atoms with E-state index in [2.05, 4.69) is 20.5 Å². The molecule has 10 nitrogen and oxygen atoms in total. The highest BCUT2D eigenvalue weighted by atomic mass is 16.2. The number of carbonyl (C=O) groups excluding carboxylic acids is 1. The number of aryl methyl sites for hydroxylation is 2. The van der Waals surface area contributed by atoms with E-state index in [9.17, 15) is 9.59 Å². The highest BCUT2D eigenvalue weighted by Crippen LogP contribution is 2.23. The van der Waals surface area contributed by atoms with Crippen molar-refractivity contribution in [1.82, 2.24) is 39.2 Å². The Kier molecular flexibility index (Phi) is 6.27. The Morgan fingerprint density at radius 1 is 1.05 bits per heavy atom. The molecule has 0 saturated heterocycles. The fourth-order valence-electron chi connectivity index (χ4n) is 4.84. The Labute approximate surface area is 229 Å².